The minimum atomic E-state index is 0.716. The topological polar surface area (TPSA) is 67.3 Å². The van der Waals surface area contributed by atoms with Gasteiger partial charge in [-0.2, -0.15) is 4.98 Å². The van der Waals surface area contributed by atoms with Gasteiger partial charge in [-0.25, -0.2) is 15.0 Å². The third-order valence-corrected chi connectivity index (χ3v) is 5.86. The van der Waals surface area contributed by atoms with E-state index in [0.29, 0.717) is 13.2 Å². The van der Waals surface area contributed by atoms with Gasteiger partial charge in [-0.15, -0.1) is 0 Å². The second-order valence-electron chi connectivity index (χ2n) is 7.14. The Morgan fingerprint density at radius 1 is 0.966 bits per heavy atom. The Balaban J connectivity index is 1.61. The second-order valence-corrected chi connectivity index (χ2v) is 8.10. The maximum Gasteiger partial charge on any atom is 0.232 e. The first kappa shape index (κ1) is 18.7. The Kier molecular flexibility index (Phi) is 5.28. The minimum absolute atomic E-state index is 0.716. The summed E-state index contributed by atoms with van der Waals surface area (Å²) in [5.41, 5.74) is 4.28. The molecule has 2 aliphatic heterocycles. The molecule has 1 saturated heterocycles. The van der Waals surface area contributed by atoms with Crippen molar-refractivity contribution in [2.75, 3.05) is 42.6 Å². The van der Waals surface area contributed by atoms with Gasteiger partial charge in [0.25, 0.3) is 0 Å². The van der Waals surface area contributed by atoms with E-state index in [4.69, 9.17) is 14.7 Å². The van der Waals surface area contributed by atoms with E-state index >= 15 is 0 Å². The normalized spacial score (nSPS) is 16.6. The van der Waals surface area contributed by atoms with Crippen molar-refractivity contribution in [1.29, 1.82) is 0 Å². The van der Waals surface area contributed by atoms with E-state index < -0.39 is 0 Å². The van der Waals surface area contributed by atoms with Gasteiger partial charge < -0.3 is 14.5 Å². The Morgan fingerprint density at radius 3 is 2.59 bits per heavy atom. The predicted molar refractivity (Wildman–Crippen MR) is 121 cm³/mol. The van der Waals surface area contributed by atoms with Crippen LogP contribution in [0.15, 0.2) is 42.7 Å². The number of morpholine rings is 1. The number of hydrogen-bond donors (Lipinski definition) is 0. The zero-order valence-corrected chi connectivity index (χ0v) is 18.1. The molecule has 0 N–H and O–H groups in total. The highest BCUT2D eigenvalue weighted by Gasteiger charge is 2.23. The molecule has 0 unspecified atom stereocenters. The summed E-state index contributed by atoms with van der Waals surface area (Å²) in [4.78, 5) is 23.1. The van der Waals surface area contributed by atoms with Gasteiger partial charge in [0.1, 0.15) is 5.82 Å². The molecular weight excluding hydrogens is 479 g/mol. The van der Waals surface area contributed by atoms with Gasteiger partial charge >= 0.3 is 0 Å². The van der Waals surface area contributed by atoms with Crippen molar-refractivity contribution in [2.45, 2.75) is 12.8 Å². The van der Waals surface area contributed by atoms with E-state index in [1.54, 1.807) is 0 Å². The van der Waals surface area contributed by atoms with Gasteiger partial charge in [-0.3, -0.25) is 0 Å². The first-order chi connectivity index (χ1) is 14.3. The lowest BCUT2D eigenvalue weighted by Gasteiger charge is -2.32. The van der Waals surface area contributed by atoms with Crippen LogP contribution < -0.4 is 9.80 Å². The Morgan fingerprint density at radius 2 is 1.76 bits per heavy atom. The van der Waals surface area contributed by atoms with Crippen LogP contribution in [-0.2, 0) is 11.2 Å². The Labute approximate surface area is 183 Å². The van der Waals surface area contributed by atoms with E-state index in [1.807, 2.05) is 18.5 Å². The minimum Gasteiger partial charge on any atom is -0.378 e. The van der Waals surface area contributed by atoms with Crippen molar-refractivity contribution in [1.82, 2.24) is 19.9 Å². The van der Waals surface area contributed by atoms with Gasteiger partial charge in [0.05, 0.1) is 18.9 Å². The molecule has 0 amide bonds. The van der Waals surface area contributed by atoms with E-state index in [9.17, 15) is 0 Å². The molecule has 29 heavy (non-hydrogen) atoms. The van der Waals surface area contributed by atoms with E-state index in [0.717, 1.165) is 59.3 Å². The fraction of sp³-hybridized carbons (Fsp3) is 0.333. The van der Waals surface area contributed by atoms with E-state index in [2.05, 4.69) is 66.6 Å². The fourth-order valence-corrected chi connectivity index (χ4v) is 4.11. The molecule has 0 saturated carbocycles. The number of para-hydroxylation sites is 1. The lowest BCUT2D eigenvalue weighted by molar-refractivity contribution is 0.122. The fourth-order valence-electron chi connectivity index (χ4n) is 3.83. The van der Waals surface area contributed by atoms with Crippen LogP contribution in [0.1, 0.15) is 12.0 Å². The van der Waals surface area contributed by atoms with Gasteiger partial charge in [-0.1, -0.05) is 18.2 Å². The maximum atomic E-state index is 5.53. The quantitative estimate of drug-likeness (QED) is 0.403. The van der Waals surface area contributed by atoms with Crippen LogP contribution in [0.2, 0.25) is 0 Å². The molecule has 0 atom stereocenters. The van der Waals surface area contributed by atoms with Crippen LogP contribution in [0.5, 0.6) is 0 Å². The number of ether oxygens (including phenoxy) is 1. The molecule has 2 aromatic heterocycles. The van der Waals surface area contributed by atoms with Crippen LogP contribution >= 0.6 is 22.6 Å². The third kappa shape index (κ3) is 3.91. The number of rotatable bonds is 3. The van der Waals surface area contributed by atoms with Crippen molar-refractivity contribution in [3.8, 4) is 11.3 Å². The van der Waals surface area contributed by atoms with E-state index in [1.165, 1.54) is 11.3 Å². The third-order valence-electron chi connectivity index (χ3n) is 5.30. The highest BCUT2D eigenvalue weighted by molar-refractivity contribution is 14.1. The molecule has 1 fully saturated rings. The lowest BCUT2D eigenvalue weighted by Crippen LogP contribution is -2.37. The lowest BCUT2D eigenvalue weighted by atomic mass is 10.0. The summed E-state index contributed by atoms with van der Waals surface area (Å²) in [7, 11) is 0. The SMILES string of the molecule is Ic1ncc(-c2cc(N3CCOCC3)nc(N3CCCc4ccccc43)n2)cn1. The van der Waals surface area contributed by atoms with Crippen molar-refractivity contribution in [3.05, 3.63) is 52.1 Å². The molecule has 148 valence electrons. The molecule has 1 aromatic carbocycles. The summed E-state index contributed by atoms with van der Waals surface area (Å²) in [6, 6.07) is 10.6. The molecule has 0 spiro atoms. The molecule has 3 aromatic rings. The van der Waals surface area contributed by atoms with Crippen LogP contribution in [-0.4, -0.2) is 52.8 Å². The summed E-state index contributed by atoms with van der Waals surface area (Å²) in [5, 5.41) is 0. The Hall–Kier alpha value is -2.33. The number of benzene rings is 1. The standard InChI is InChI=1S/C21H21IN6O/c22-20-23-13-16(14-24-20)17-12-19(27-8-10-29-11-9-27)26-21(25-17)28-7-3-5-15-4-1-2-6-18(15)28/h1-2,4,6,12-14H,3,5,7-11H2. The second kappa shape index (κ2) is 8.19. The molecule has 0 aliphatic carbocycles. The summed E-state index contributed by atoms with van der Waals surface area (Å²) in [5.74, 6) is 1.66. The summed E-state index contributed by atoms with van der Waals surface area (Å²) in [6.07, 6.45) is 5.83. The van der Waals surface area contributed by atoms with Crippen LogP contribution in [0.4, 0.5) is 17.5 Å². The molecule has 4 heterocycles. The zero-order chi connectivity index (χ0) is 19.6. The highest BCUT2D eigenvalue weighted by atomic mass is 127. The van der Waals surface area contributed by atoms with E-state index in [-0.39, 0.29) is 0 Å². The molecular formula is C21H21IN6O. The van der Waals surface area contributed by atoms with Crippen molar-refractivity contribution >= 4 is 40.0 Å². The number of fused-ring (bicyclic) bond motifs is 1. The number of aromatic nitrogens is 4. The van der Waals surface area contributed by atoms with Gasteiger partial charge in [0, 0.05) is 71.9 Å². The number of anilines is 3. The summed E-state index contributed by atoms with van der Waals surface area (Å²) < 4.78 is 6.25. The number of aryl methyl sites for hydroxylation is 1. The van der Waals surface area contributed by atoms with Crippen LogP contribution in [0.25, 0.3) is 11.3 Å². The largest absolute Gasteiger partial charge is 0.378 e. The molecule has 5 rings (SSSR count). The first-order valence-electron chi connectivity index (χ1n) is 9.83. The van der Waals surface area contributed by atoms with Gasteiger partial charge in [0.15, 0.2) is 3.83 Å². The smallest absolute Gasteiger partial charge is 0.232 e. The number of nitrogens with zero attached hydrogens (tertiary/aromatic N) is 6. The number of hydrogen-bond acceptors (Lipinski definition) is 7. The molecule has 2 aliphatic rings. The maximum absolute atomic E-state index is 5.53. The summed E-state index contributed by atoms with van der Waals surface area (Å²) >= 11 is 2.11. The van der Waals surface area contributed by atoms with Crippen LogP contribution in [0, 0.1) is 3.83 Å². The number of halogens is 1. The molecule has 0 radical (unpaired) electrons. The van der Waals surface area contributed by atoms with Crippen LogP contribution in [0.3, 0.4) is 0 Å². The Bertz CT molecular complexity index is 1010. The van der Waals surface area contributed by atoms with Crippen molar-refractivity contribution in [3.63, 3.8) is 0 Å². The zero-order valence-electron chi connectivity index (χ0n) is 16.0. The first-order valence-corrected chi connectivity index (χ1v) is 10.9. The average molecular weight is 500 g/mol. The molecule has 0 bridgehead atoms. The monoisotopic (exact) mass is 500 g/mol. The molecule has 8 heteroatoms. The van der Waals surface area contributed by atoms with Gasteiger partial charge in [-0.05, 0) is 24.5 Å². The molecule has 7 nitrogen and oxygen atoms in total. The van der Waals surface area contributed by atoms with Crippen molar-refractivity contribution in [2.24, 2.45) is 0 Å². The van der Waals surface area contributed by atoms with Gasteiger partial charge in [0.2, 0.25) is 5.95 Å². The summed E-state index contributed by atoms with van der Waals surface area (Å²) in [6.45, 7) is 4.00. The average Bonchev–Trinajstić information content (AvgIpc) is 2.79. The predicted octanol–water partition coefficient (Wildman–Crippen LogP) is 3.46. The highest BCUT2D eigenvalue weighted by Crippen LogP contribution is 2.33. The van der Waals surface area contributed by atoms with Crippen molar-refractivity contribution < 1.29 is 4.74 Å².